The van der Waals surface area contributed by atoms with Crippen LogP contribution in [0.25, 0.3) is 11.1 Å². The third-order valence-electron chi connectivity index (χ3n) is 2.98. The first-order valence-corrected chi connectivity index (χ1v) is 6.29. The van der Waals surface area contributed by atoms with E-state index in [0.717, 1.165) is 16.7 Å². The summed E-state index contributed by atoms with van der Waals surface area (Å²) >= 11 is 6.08. The Morgan fingerprint density at radius 3 is 2.53 bits per heavy atom. The first-order valence-electron chi connectivity index (χ1n) is 5.91. The Hall–Kier alpha value is -1.71. The molecule has 0 spiro atoms. The summed E-state index contributed by atoms with van der Waals surface area (Å²) in [5.41, 5.74) is 8.54. The highest BCUT2D eigenvalue weighted by atomic mass is 35.5. The molecular formula is C15H16ClNO2. The van der Waals surface area contributed by atoms with E-state index in [1.54, 1.807) is 14.2 Å². The summed E-state index contributed by atoms with van der Waals surface area (Å²) in [5.74, 6) is 1.40. The molecule has 0 aliphatic carbocycles. The van der Waals surface area contributed by atoms with Crippen molar-refractivity contribution in [3.63, 3.8) is 0 Å². The van der Waals surface area contributed by atoms with Crippen molar-refractivity contribution in [1.82, 2.24) is 0 Å². The van der Waals surface area contributed by atoms with Gasteiger partial charge in [0, 0.05) is 17.1 Å². The zero-order chi connectivity index (χ0) is 13.8. The predicted molar refractivity (Wildman–Crippen MR) is 77.9 cm³/mol. The van der Waals surface area contributed by atoms with Crippen molar-refractivity contribution >= 4 is 11.6 Å². The number of para-hydroxylation sites is 1. The van der Waals surface area contributed by atoms with Gasteiger partial charge in [-0.1, -0.05) is 29.8 Å². The fraction of sp³-hybridized carbons (Fsp3) is 0.200. The third kappa shape index (κ3) is 2.67. The van der Waals surface area contributed by atoms with Gasteiger partial charge >= 0.3 is 0 Å². The number of benzene rings is 2. The molecule has 3 nitrogen and oxygen atoms in total. The summed E-state index contributed by atoms with van der Waals surface area (Å²) in [6.07, 6.45) is 0. The molecular weight excluding hydrogens is 262 g/mol. The van der Waals surface area contributed by atoms with Crippen LogP contribution in [-0.4, -0.2) is 14.2 Å². The summed E-state index contributed by atoms with van der Waals surface area (Å²) in [5, 5.41) is 0.674. The Labute approximate surface area is 117 Å². The molecule has 0 fully saturated rings. The zero-order valence-electron chi connectivity index (χ0n) is 10.9. The van der Waals surface area contributed by atoms with Crippen molar-refractivity contribution in [2.45, 2.75) is 6.54 Å². The molecule has 0 aromatic heterocycles. The van der Waals surface area contributed by atoms with Crippen LogP contribution in [0.4, 0.5) is 0 Å². The van der Waals surface area contributed by atoms with Crippen molar-refractivity contribution in [3.05, 3.63) is 47.0 Å². The highest BCUT2D eigenvalue weighted by Gasteiger charge is 2.12. The number of hydrogen-bond acceptors (Lipinski definition) is 3. The van der Waals surface area contributed by atoms with Gasteiger partial charge in [-0.25, -0.2) is 0 Å². The third-order valence-corrected chi connectivity index (χ3v) is 3.35. The molecule has 0 amide bonds. The largest absolute Gasteiger partial charge is 0.493 e. The summed E-state index contributed by atoms with van der Waals surface area (Å²) in [6.45, 7) is 0.402. The van der Waals surface area contributed by atoms with Gasteiger partial charge in [-0.15, -0.1) is 0 Å². The first-order chi connectivity index (χ1) is 9.21. The Balaban J connectivity index is 2.58. The highest BCUT2D eigenvalue weighted by molar-refractivity contribution is 6.31. The van der Waals surface area contributed by atoms with Crippen molar-refractivity contribution in [3.8, 4) is 22.6 Å². The smallest absolute Gasteiger partial charge is 0.168 e. The molecule has 19 heavy (non-hydrogen) atoms. The van der Waals surface area contributed by atoms with Gasteiger partial charge in [-0.2, -0.15) is 0 Å². The van der Waals surface area contributed by atoms with Gasteiger partial charge in [-0.05, 0) is 29.3 Å². The van der Waals surface area contributed by atoms with Crippen molar-refractivity contribution in [2.24, 2.45) is 5.73 Å². The maximum absolute atomic E-state index is 6.08. The molecule has 0 aliphatic heterocycles. The average Bonchev–Trinajstić information content (AvgIpc) is 2.46. The van der Waals surface area contributed by atoms with Crippen LogP contribution >= 0.6 is 11.6 Å². The Morgan fingerprint density at radius 1 is 1.11 bits per heavy atom. The molecule has 2 aromatic carbocycles. The standard InChI is InChI=1S/C15H16ClNO2/c1-18-14-5-3-4-12(15(14)19-2)10-6-7-13(16)11(8-10)9-17/h3-8H,9,17H2,1-2H3. The van der Waals surface area contributed by atoms with Crippen LogP contribution in [-0.2, 0) is 6.54 Å². The van der Waals surface area contributed by atoms with Crippen molar-refractivity contribution in [1.29, 1.82) is 0 Å². The van der Waals surface area contributed by atoms with Crippen molar-refractivity contribution < 1.29 is 9.47 Å². The van der Waals surface area contributed by atoms with Crippen LogP contribution in [0.15, 0.2) is 36.4 Å². The second-order valence-corrected chi connectivity index (χ2v) is 4.46. The van der Waals surface area contributed by atoms with E-state index in [1.807, 2.05) is 36.4 Å². The van der Waals surface area contributed by atoms with E-state index in [2.05, 4.69) is 0 Å². The molecule has 100 valence electrons. The number of nitrogens with two attached hydrogens (primary N) is 1. The lowest BCUT2D eigenvalue weighted by molar-refractivity contribution is 0.356. The number of methoxy groups -OCH3 is 2. The summed E-state index contributed by atoms with van der Waals surface area (Å²) in [7, 11) is 3.25. The molecule has 0 saturated heterocycles. The number of rotatable bonds is 4. The van der Waals surface area contributed by atoms with E-state index in [1.165, 1.54) is 0 Å². The average molecular weight is 278 g/mol. The minimum absolute atomic E-state index is 0.402. The van der Waals surface area contributed by atoms with Gasteiger partial charge in [0.2, 0.25) is 0 Å². The SMILES string of the molecule is COc1cccc(-c2ccc(Cl)c(CN)c2)c1OC. The van der Waals surface area contributed by atoms with Crippen LogP contribution < -0.4 is 15.2 Å². The van der Waals surface area contributed by atoms with Crippen LogP contribution in [0.2, 0.25) is 5.02 Å². The monoisotopic (exact) mass is 277 g/mol. The maximum Gasteiger partial charge on any atom is 0.168 e. The van der Waals surface area contributed by atoms with E-state index in [9.17, 15) is 0 Å². The van der Waals surface area contributed by atoms with Gasteiger partial charge in [-0.3, -0.25) is 0 Å². The molecule has 2 rings (SSSR count). The zero-order valence-corrected chi connectivity index (χ0v) is 11.7. The Morgan fingerprint density at radius 2 is 1.89 bits per heavy atom. The highest BCUT2D eigenvalue weighted by Crippen LogP contribution is 2.38. The molecule has 0 bridgehead atoms. The number of halogens is 1. The topological polar surface area (TPSA) is 44.5 Å². The normalized spacial score (nSPS) is 10.3. The lowest BCUT2D eigenvalue weighted by atomic mass is 10.0. The van der Waals surface area contributed by atoms with Crippen LogP contribution in [0.1, 0.15) is 5.56 Å². The van der Waals surface area contributed by atoms with E-state index < -0.39 is 0 Å². The maximum atomic E-state index is 6.08. The Bertz CT molecular complexity index is 584. The van der Waals surface area contributed by atoms with E-state index in [0.29, 0.717) is 23.1 Å². The molecule has 0 aliphatic rings. The number of hydrogen-bond donors (Lipinski definition) is 1. The molecule has 0 atom stereocenters. The molecule has 0 saturated carbocycles. The van der Waals surface area contributed by atoms with Crippen LogP contribution in [0, 0.1) is 0 Å². The summed E-state index contributed by atoms with van der Waals surface area (Å²) < 4.78 is 10.7. The molecule has 0 radical (unpaired) electrons. The van der Waals surface area contributed by atoms with Crippen LogP contribution in [0.3, 0.4) is 0 Å². The minimum Gasteiger partial charge on any atom is -0.493 e. The lowest BCUT2D eigenvalue weighted by Crippen LogP contribution is -1.98. The fourth-order valence-electron chi connectivity index (χ4n) is 2.01. The molecule has 2 N–H and O–H groups in total. The second-order valence-electron chi connectivity index (χ2n) is 4.05. The fourth-order valence-corrected chi connectivity index (χ4v) is 2.21. The summed E-state index contributed by atoms with van der Waals surface area (Å²) in [6, 6.07) is 11.5. The van der Waals surface area contributed by atoms with Crippen LogP contribution in [0.5, 0.6) is 11.5 Å². The molecule has 4 heteroatoms. The van der Waals surface area contributed by atoms with Gasteiger partial charge in [0.1, 0.15) is 0 Å². The quantitative estimate of drug-likeness (QED) is 0.930. The second kappa shape index (κ2) is 5.95. The van der Waals surface area contributed by atoms with E-state index >= 15 is 0 Å². The van der Waals surface area contributed by atoms with Gasteiger partial charge in [0.15, 0.2) is 11.5 Å². The first kappa shape index (κ1) is 13.7. The minimum atomic E-state index is 0.402. The lowest BCUT2D eigenvalue weighted by Gasteiger charge is -2.13. The van der Waals surface area contributed by atoms with Crippen molar-refractivity contribution in [2.75, 3.05) is 14.2 Å². The molecule has 0 unspecified atom stereocenters. The Kier molecular flexibility index (Phi) is 4.30. The number of ether oxygens (including phenoxy) is 2. The molecule has 0 heterocycles. The van der Waals surface area contributed by atoms with E-state index in [-0.39, 0.29) is 0 Å². The summed E-state index contributed by atoms with van der Waals surface area (Å²) in [4.78, 5) is 0. The van der Waals surface area contributed by atoms with Gasteiger partial charge < -0.3 is 15.2 Å². The predicted octanol–water partition coefficient (Wildman–Crippen LogP) is 3.48. The van der Waals surface area contributed by atoms with Gasteiger partial charge in [0.25, 0.3) is 0 Å². The van der Waals surface area contributed by atoms with E-state index in [4.69, 9.17) is 26.8 Å². The van der Waals surface area contributed by atoms with Gasteiger partial charge in [0.05, 0.1) is 14.2 Å². The molecule has 2 aromatic rings.